The van der Waals surface area contributed by atoms with E-state index in [1.54, 1.807) is 12.1 Å². The van der Waals surface area contributed by atoms with Crippen LogP contribution in [-0.2, 0) is 27.2 Å². The number of rotatable bonds is 5. The molecular formula is C20H18ClNO5. The Morgan fingerprint density at radius 2 is 1.93 bits per heavy atom. The van der Waals surface area contributed by atoms with E-state index in [1.165, 1.54) is 19.1 Å². The summed E-state index contributed by atoms with van der Waals surface area (Å²) in [7, 11) is 0. The van der Waals surface area contributed by atoms with Gasteiger partial charge in [0.15, 0.2) is 5.60 Å². The number of fused-ring (bicyclic) bond motifs is 1. The summed E-state index contributed by atoms with van der Waals surface area (Å²) in [5, 5.41) is 10.1. The van der Waals surface area contributed by atoms with Crippen LogP contribution in [0, 0.1) is 0 Å². The van der Waals surface area contributed by atoms with Crippen molar-refractivity contribution in [3.05, 3.63) is 64.2 Å². The lowest BCUT2D eigenvalue weighted by Gasteiger charge is -2.33. The number of ether oxygens (including phenoxy) is 1. The summed E-state index contributed by atoms with van der Waals surface area (Å²) < 4.78 is 5.24. The van der Waals surface area contributed by atoms with Crippen LogP contribution in [0.3, 0.4) is 0 Å². The molecule has 0 saturated carbocycles. The molecule has 0 fully saturated rings. The molecule has 0 saturated heterocycles. The van der Waals surface area contributed by atoms with E-state index in [4.69, 9.17) is 22.1 Å². The molecule has 2 atom stereocenters. The minimum Gasteiger partial charge on any atom is -0.507 e. The summed E-state index contributed by atoms with van der Waals surface area (Å²) in [6.07, 6.45) is 0.0670. The lowest BCUT2D eigenvalue weighted by Crippen LogP contribution is -2.53. The first-order valence-electron chi connectivity index (χ1n) is 8.35. The Kier molecular flexibility index (Phi) is 5.04. The van der Waals surface area contributed by atoms with Gasteiger partial charge in [0.05, 0.1) is 6.04 Å². The average molecular weight is 388 g/mol. The Morgan fingerprint density at radius 3 is 2.59 bits per heavy atom. The van der Waals surface area contributed by atoms with Crippen LogP contribution in [0.15, 0.2) is 42.5 Å². The van der Waals surface area contributed by atoms with E-state index in [9.17, 15) is 19.5 Å². The molecule has 0 aromatic heterocycles. The summed E-state index contributed by atoms with van der Waals surface area (Å²) >= 11 is 6.12. The fourth-order valence-corrected chi connectivity index (χ4v) is 3.38. The first-order chi connectivity index (χ1) is 12.7. The van der Waals surface area contributed by atoms with Gasteiger partial charge < -0.3 is 15.6 Å². The molecule has 27 heavy (non-hydrogen) atoms. The third kappa shape index (κ3) is 3.59. The summed E-state index contributed by atoms with van der Waals surface area (Å²) in [5.41, 5.74) is 5.19. The number of hydrogen-bond donors (Lipinski definition) is 2. The van der Waals surface area contributed by atoms with Gasteiger partial charge in [-0.3, -0.25) is 9.59 Å². The number of carbonyl (C=O) groups excluding carboxylic acids is 3. The molecule has 0 radical (unpaired) electrons. The smallest absolute Gasteiger partial charge is 0.343 e. The van der Waals surface area contributed by atoms with Crippen molar-refractivity contribution in [3.63, 3.8) is 0 Å². The number of hydrogen-bond acceptors (Lipinski definition) is 6. The van der Waals surface area contributed by atoms with Gasteiger partial charge >= 0.3 is 5.97 Å². The molecule has 0 spiro atoms. The molecule has 6 nitrogen and oxygen atoms in total. The van der Waals surface area contributed by atoms with Gasteiger partial charge in [-0.2, -0.15) is 0 Å². The maximum Gasteiger partial charge on any atom is 0.343 e. The summed E-state index contributed by atoms with van der Waals surface area (Å²) in [4.78, 5) is 37.7. The number of cyclic esters (lactones) is 1. The van der Waals surface area contributed by atoms with Crippen LogP contribution >= 0.6 is 11.6 Å². The average Bonchev–Trinajstić information content (AvgIpc) is 2.64. The fourth-order valence-electron chi connectivity index (χ4n) is 3.16. The number of benzene rings is 2. The second kappa shape index (κ2) is 7.13. The minimum atomic E-state index is -1.73. The Hall–Kier alpha value is -2.70. The van der Waals surface area contributed by atoms with Gasteiger partial charge in [0, 0.05) is 11.4 Å². The normalized spacial score (nSPS) is 19.7. The highest BCUT2D eigenvalue weighted by Crippen LogP contribution is 2.37. The Bertz CT molecular complexity index is 927. The zero-order chi connectivity index (χ0) is 19.8. The maximum absolute atomic E-state index is 12.8. The van der Waals surface area contributed by atoms with E-state index in [2.05, 4.69) is 0 Å². The number of phenolic OH excluding ortho intramolecular Hbond substituents is 1. The van der Waals surface area contributed by atoms with Crippen molar-refractivity contribution in [1.29, 1.82) is 0 Å². The second-order valence-electron chi connectivity index (χ2n) is 6.71. The molecular weight excluding hydrogens is 370 g/mol. The summed E-state index contributed by atoms with van der Waals surface area (Å²) in [6.45, 7) is 1.35. The maximum atomic E-state index is 12.8. The zero-order valence-electron chi connectivity index (χ0n) is 14.6. The van der Waals surface area contributed by atoms with E-state index in [0.29, 0.717) is 0 Å². The number of phenols is 1. The monoisotopic (exact) mass is 387 g/mol. The first-order valence-corrected chi connectivity index (χ1v) is 8.72. The highest BCUT2D eigenvalue weighted by Gasteiger charge is 2.47. The van der Waals surface area contributed by atoms with Crippen LogP contribution in [0.25, 0.3) is 0 Å². The predicted octanol–water partition coefficient (Wildman–Crippen LogP) is 2.23. The van der Waals surface area contributed by atoms with Crippen LogP contribution in [0.1, 0.15) is 28.4 Å². The number of ketones is 2. The van der Waals surface area contributed by atoms with Crippen molar-refractivity contribution in [2.75, 3.05) is 0 Å². The molecule has 0 amide bonds. The molecule has 140 valence electrons. The Balaban J connectivity index is 1.84. The van der Waals surface area contributed by atoms with Crippen LogP contribution in [0.4, 0.5) is 0 Å². The van der Waals surface area contributed by atoms with Crippen LogP contribution in [0.2, 0.25) is 5.02 Å². The molecule has 1 aliphatic rings. The third-order valence-electron chi connectivity index (χ3n) is 4.61. The van der Waals surface area contributed by atoms with E-state index < -0.39 is 29.2 Å². The van der Waals surface area contributed by atoms with E-state index in [-0.39, 0.29) is 34.7 Å². The van der Waals surface area contributed by atoms with Crippen molar-refractivity contribution in [2.24, 2.45) is 5.73 Å². The van der Waals surface area contributed by atoms with E-state index in [1.807, 2.05) is 18.2 Å². The number of nitrogens with two attached hydrogens (primary N) is 1. The molecule has 1 aliphatic heterocycles. The first kappa shape index (κ1) is 19.1. The van der Waals surface area contributed by atoms with Gasteiger partial charge in [0.1, 0.15) is 11.3 Å². The van der Waals surface area contributed by atoms with Gasteiger partial charge in [-0.25, -0.2) is 4.79 Å². The summed E-state index contributed by atoms with van der Waals surface area (Å²) in [5.74, 6) is -2.92. The van der Waals surface area contributed by atoms with Gasteiger partial charge in [0.2, 0.25) is 11.6 Å². The molecule has 2 aromatic rings. The van der Waals surface area contributed by atoms with E-state index in [0.717, 1.165) is 5.56 Å². The quantitative estimate of drug-likeness (QED) is 0.601. The van der Waals surface area contributed by atoms with Crippen LogP contribution in [-0.4, -0.2) is 34.3 Å². The van der Waals surface area contributed by atoms with Crippen molar-refractivity contribution in [3.8, 4) is 5.75 Å². The molecule has 3 rings (SSSR count). The topological polar surface area (TPSA) is 107 Å². The molecule has 7 heteroatoms. The highest BCUT2D eigenvalue weighted by atomic mass is 35.5. The highest BCUT2D eigenvalue weighted by molar-refractivity contribution is 6.42. The van der Waals surface area contributed by atoms with Crippen molar-refractivity contribution >= 4 is 29.1 Å². The lowest BCUT2D eigenvalue weighted by atomic mass is 9.83. The molecule has 1 heterocycles. The SMILES string of the molecule is C[C@]1(C(=O)C(=O)[C@@H](N)Cc2ccccc2)Cc2c(Cl)ccc(O)c2C(=O)O1. The van der Waals surface area contributed by atoms with Gasteiger partial charge in [-0.05, 0) is 36.6 Å². The van der Waals surface area contributed by atoms with Gasteiger partial charge in [-0.1, -0.05) is 41.9 Å². The minimum absolute atomic E-state index is 0.0891. The van der Waals surface area contributed by atoms with Gasteiger partial charge in [0.25, 0.3) is 0 Å². The third-order valence-corrected chi connectivity index (χ3v) is 4.96. The largest absolute Gasteiger partial charge is 0.507 e. The lowest BCUT2D eigenvalue weighted by molar-refractivity contribution is -0.149. The van der Waals surface area contributed by atoms with Crippen molar-refractivity contribution in [2.45, 2.75) is 31.4 Å². The Labute approximate surface area is 160 Å². The Morgan fingerprint density at radius 1 is 1.26 bits per heavy atom. The number of halogens is 1. The summed E-state index contributed by atoms with van der Waals surface area (Å²) in [6, 6.07) is 10.7. The van der Waals surface area contributed by atoms with Gasteiger partial charge in [-0.15, -0.1) is 0 Å². The number of aromatic hydroxyl groups is 1. The van der Waals surface area contributed by atoms with Crippen LogP contribution < -0.4 is 5.73 Å². The molecule has 0 bridgehead atoms. The molecule has 0 aliphatic carbocycles. The predicted molar refractivity (Wildman–Crippen MR) is 98.8 cm³/mol. The number of esters is 1. The standard InChI is InChI=1S/C20H18ClNO5/c1-20(10-12-13(21)7-8-15(23)16(12)19(26)27-20)18(25)17(24)14(22)9-11-5-3-2-4-6-11/h2-8,14,23H,9-10,22H2,1H3/t14-,20+/m0/s1. The number of Topliss-reactive ketones (excluding diaryl/α,β-unsaturated/α-hetero) is 2. The molecule has 2 aromatic carbocycles. The molecule has 3 N–H and O–H groups in total. The van der Waals surface area contributed by atoms with Crippen LogP contribution in [0.5, 0.6) is 5.75 Å². The zero-order valence-corrected chi connectivity index (χ0v) is 15.3. The van der Waals surface area contributed by atoms with Crippen molar-refractivity contribution < 1.29 is 24.2 Å². The number of carbonyl (C=O) groups is 3. The second-order valence-corrected chi connectivity index (χ2v) is 7.11. The van der Waals surface area contributed by atoms with E-state index >= 15 is 0 Å². The molecule has 0 unspecified atom stereocenters. The van der Waals surface area contributed by atoms with Crippen molar-refractivity contribution in [1.82, 2.24) is 0 Å². The fraction of sp³-hybridized carbons (Fsp3) is 0.250.